The summed E-state index contributed by atoms with van der Waals surface area (Å²) in [6, 6.07) is 27.5. The van der Waals surface area contributed by atoms with Gasteiger partial charge in [-0.15, -0.1) is 0 Å². The number of carbonyl (C=O) groups excluding carboxylic acids is 2. The highest BCUT2D eigenvalue weighted by Gasteiger charge is 2.21. The Morgan fingerprint density at radius 3 is 2.29 bits per heavy atom. The van der Waals surface area contributed by atoms with Gasteiger partial charge in [0, 0.05) is 6.07 Å². The van der Waals surface area contributed by atoms with Gasteiger partial charge in [0.05, 0.1) is 35.3 Å². The quantitative estimate of drug-likeness (QED) is 0.361. The van der Waals surface area contributed by atoms with Crippen LogP contribution in [0, 0.1) is 6.92 Å². The van der Waals surface area contributed by atoms with Crippen molar-refractivity contribution in [2.24, 2.45) is 0 Å². The first-order valence-electron chi connectivity index (χ1n) is 11.0. The Balaban J connectivity index is 1.51. The highest BCUT2D eigenvalue weighted by molar-refractivity contribution is 6.33. The minimum Gasteiger partial charge on any atom is -0.345 e. The van der Waals surface area contributed by atoms with Gasteiger partial charge in [0.2, 0.25) is 5.91 Å². The molecule has 4 aromatic rings. The van der Waals surface area contributed by atoms with E-state index in [1.54, 1.807) is 28.9 Å². The molecular formula is C27H25ClN4O2. The second-order valence-corrected chi connectivity index (χ2v) is 8.39. The zero-order chi connectivity index (χ0) is 23.9. The number of nitrogens with zero attached hydrogens (tertiary/aromatic N) is 2. The zero-order valence-electron chi connectivity index (χ0n) is 18.7. The van der Waals surface area contributed by atoms with E-state index in [0.29, 0.717) is 22.9 Å². The van der Waals surface area contributed by atoms with Crippen molar-refractivity contribution in [3.8, 4) is 0 Å². The molecule has 2 N–H and O–H groups in total. The number of benzene rings is 3. The first-order valence-corrected chi connectivity index (χ1v) is 11.4. The minimum absolute atomic E-state index is 0.0514. The molecule has 1 aromatic heterocycles. The number of anilines is 1. The highest BCUT2D eigenvalue weighted by Crippen LogP contribution is 2.21. The van der Waals surface area contributed by atoms with Crippen molar-refractivity contribution in [1.82, 2.24) is 15.1 Å². The molecule has 2 amide bonds. The van der Waals surface area contributed by atoms with Gasteiger partial charge in [-0.2, -0.15) is 5.10 Å². The average molecular weight is 473 g/mol. The van der Waals surface area contributed by atoms with Crippen molar-refractivity contribution in [3.05, 3.63) is 118 Å². The molecule has 0 saturated carbocycles. The first-order chi connectivity index (χ1) is 16.5. The molecule has 0 aliphatic carbocycles. The molecular weight excluding hydrogens is 448 g/mol. The van der Waals surface area contributed by atoms with Crippen LogP contribution >= 0.6 is 11.6 Å². The summed E-state index contributed by atoms with van der Waals surface area (Å²) in [5.41, 5.74) is 3.07. The number of hydrogen-bond donors (Lipinski definition) is 2. The largest absolute Gasteiger partial charge is 0.345 e. The van der Waals surface area contributed by atoms with Crippen LogP contribution in [0.1, 0.15) is 39.6 Å². The monoisotopic (exact) mass is 472 g/mol. The normalized spacial score (nSPS) is 11.6. The third-order valence-electron chi connectivity index (χ3n) is 5.36. The fourth-order valence-corrected chi connectivity index (χ4v) is 3.94. The Morgan fingerprint density at radius 1 is 0.941 bits per heavy atom. The molecule has 1 atom stereocenters. The molecule has 0 fully saturated rings. The SMILES string of the molecule is Cc1cc(NC(=O)CC(NC(=O)c2ccccc2Cl)c2ccccc2)n(Cc2ccccc2)n1. The molecule has 0 aliphatic heterocycles. The van der Waals surface area contributed by atoms with Crippen LogP contribution in [0.3, 0.4) is 0 Å². The van der Waals surface area contributed by atoms with E-state index in [1.807, 2.05) is 73.7 Å². The maximum absolute atomic E-state index is 13.1. The summed E-state index contributed by atoms with van der Waals surface area (Å²) in [5, 5.41) is 10.8. The van der Waals surface area contributed by atoms with E-state index < -0.39 is 6.04 Å². The summed E-state index contributed by atoms with van der Waals surface area (Å²) in [5.74, 6) is 0.0373. The van der Waals surface area contributed by atoms with E-state index in [1.165, 1.54) is 0 Å². The summed E-state index contributed by atoms with van der Waals surface area (Å²) in [6.45, 7) is 2.42. The van der Waals surface area contributed by atoms with Gasteiger partial charge < -0.3 is 10.6 Å². The summed E-state index contributed by atoms with van der Waals surface area (Å²) in [7, 11) is 0. The van der Waals surface area contributed by atoms with Gasteiger partial charge in [-0.05, 0) is 30.2 Å². The van der Waals surface area contributed by atoms with Gasteiger partial charge in [0.1, 0.15) is 5.82 Å². The van der Waals surface area contributed by atoms with Gasteiger partial charge in [0.15, 0.2) is 0 Å². The Hall–Kier alpha value is -3.90. The number of aromatic nitrogens is 2. The number of nitrogens with one attached hydrogen (secondary N) is 2. The molecule has 4 rings (SSSR count). The van der Waals surface area contributed by atoms with E-state index in [-0.39, 0.29) is 18.2 Å². The fourth-order valence-electron chi connectivity index (χ4n) is 3.72. The second kappa shape index (κ2) is 10.8. The summed E-state index contributed by atoms with van der Waals surface area (Å²) in [6.07, 6.45) is 0.0514. The summed E-state index contributed by atoms with van der Waals surface area (Å²) < 4.78 is 1.77. The number of halogens is 1. The molecule has 1 heterocycles. The maximum Gasteiger partial charge on any atom is 0.253 e. The number of hydrogen-bond acceptors (Lipinski definition) is 3. The van der Waals surface area contributed by atoms with Crippen molar-refractivity contribution in [2.45, 2.75) is 25.9 Å². The third kappa shape index (κ3) is 5.91. The van der Waals surface area contributed by atoms with Crippen molar-refractivity contribution in [3.63, 3.8) is 0 Å². The fraction of sp³-hybridized carbons (Fsp3) is 0.148. The number of aryl methyl sites for hydroxylation is 1. The molecule has 1 unspecified atom stereocenters. The average Bonchev–Trinajstić information content (AvgIpc) is 3.18. The lowest BCUT2D eigenvalue weighted by atomic mass is 10.0. The van der Waals surface area contributed by atoms with Crippen LogP contribution in [0.5, 0.6) is 0 Å². The zero-order valence-corrected chi connectivity index (χ0v) is 19.5. The second-order valence-electron chi connectivity index (χ2n) is 7.98. The standard InChI is InChI=1S/C27H25ClN4O2/c1-19-16-25(32(31-19)18-20-10-4-2-5-11-20)30-26(33)17-24(21-12-6-3-7-13-21)29-27(34)22-14-8-9-15-23(22)28/h2-16,24H,17-18H2,1H3,(H,29,34)(H,30,33). The molecule has 172 valence electrons. The van der Waals surface area contributed by atoms with Gasteiger partial charge >= 0.3 is 0 Å². The lowest BCUT2D eigenvalue weighted by Crippen LogP contribution is -2.32. The van der Waals surface area contributed by atoms with Crippen LogP contribution in [0.25, 0.3) is 0 Å². The van der Waals surface area contributed by atoms with Crippen molar-refractivity contribution in [1.29, 1.82) is 0 Å². The van der Waals surface area contributed by atoms with E-state index in [9.17, 15) is 9.59 Å². The number of carbonyl (C=O) groups is 2. The topological polar surface area (TPSA) is 76.0 Å². The van der Waals surface area contributed by atoms with Gasteiger partial charge in [-0.25, -0.2) is 4.68 Å². The van der Waals surface area contributed by atoms with E-state index in [2.05, 4.69) is 15.7 Å². The van der Waals surface area contributed by atoms with Gasteiger partial charge in [-0.1, -0.05) is 84.4 Å². The first kappa shape index (κ1) is 23.3. The Morgan fingerprint density at radius 2 is 1.59 bits per heavy atom. The molecule has 0 aliphatic rings. The van der Waals surface area contributed by atoms with Gasteiger partial charge in [-0.3, -0.25) is 9.59 Å². The highest BCUT2D eigenvalue weighted by atomic mass is 35.5. The molecule has 0 radical (unpaired) electrons. The van der Waals surface area contributed by atoms with Crippen LogP contribution in [0.4, 0.5) is 5.82 Å². The summed E-state index contributed by atoms with van der Waals surface area (Å²) >= 11 is 6.20. The third-order valence-corrected chi connectivity index (χ3v) is 5.69. The van der Waals surface area contributed by atoms with E-state index >= 15 is 0 Å². The van der Waals surface area contributed by atoms with Crippen molar-refractivity contribution >= 4 is 29.2 Å². The number of rotatable bonds is 8. The van der Waals surface area contributed by atoms with E-state index in [4.69, 9.17) is 11.6 Å². The molecule has 7 heteroatoms. The minimum atomic E-state index is -0.531. The predicted molar refractivity (Wildman–Crippen MR) is 134 cm³/mol. The summed E-state index contributed by atoms with van der Waals surface area (Å²) in [4.78, 5) is 26.0. The molecule has 0 saturated heterocycles. The van der Waals surface area contributed by atoms with Crippen molar-refractivity contribution in [2.75, 3.05) is 5.32 Å². The lowest BCUT2D eigenvalue weighted by molar-refractivity contribution is -0.116. The van der Waals surface area contributed by atoms with Crippen LogP contribution in [-0.4, -0.2) is 21.6 Å². The van der Waals surface area contributed by atoms with Crippen LogP contribution < -0.4 is 10.6 Å². The van der Waals surface area contributed by atoms with Crippen LogP contribution in [0.15, 0.2) is 91.0 Å². The molecule has 6 nitrogen and oxygen atoms in total. The van der Waals surface area contributed by atoms with Crippen LogP contribution in [0.2, 0.25) is 5.02 Å². The number of amides is 2. The molecule has 34 heavy (non-hydrogen) atoms. The smallest absolute Gasteiger partial charge is 0.253 e. The van der Waals surface area contributed by atoms with Crippen LogP contribution in [-0.2, 0) is 11.3 Å². The Bertz CT molecular complexity index is 1270. The Labute approximate surface area is 203 Å². The maximum atomic E-state index is 13.1. The van der Waals surface area contributed by atoms with Gasteiger partial charge in [0.25, 0.3) is 5.91 Å². The van der Waals surface area contributed by atoms with E-state index in [0.717, 1.165) is 16.8 Å². The lowest BCUT2D eigenvalue weighted by Gasteiger charge is -2.20. The molecule has 0 bridgehead atoms. The molecule has 3 aromatic carbocycles. The van der Waals surface area contributed by atoms with Crippen molar-refractivity contribution < 1.29 is 9.59 Å². The predicted octanol–water partition coefficient (Wildman–Crippen LogP) is 5.39. The Kier molecular flexibility index (Phi) is 7.40. The molecule has 0 spiro atoms.